The van der Waals surface area contributed by atoms with Gasteiger partial charge < -0.3 is 0 Å². The maximum atomic E-state index is 12.2. The SMILES string of the molecule is O=C(NO)c1cc(NS(=O)(=O)CC2C=CC(Cl)=C(Cl)C2)ccn1. The smallest absolute Gasteiger partial charge is 0.288 e. The van der Waals surface area contributed by atoms with Crippen LogP contribution in [0.15, 0.2) is 40.5 Å². The molecule has 0 fully saturated rings. The largest absolute Gasteiger partial charge is 0.293 e. The van der Waals surface area contributed by atoms with Gasteiger partial charge in [0.2, 0.25) is 10.0 Å². The van der Waals surface area contributed by atoms with Gasteiger partial charge in [-0.1, -0.05) is 29.3 Å². The van der Waals surface area contributed by atoms with Gasteiger partial charge in [0.05, 0.1) is 16.5 Å². The van der Waals surface area contributed by atoms with Crippen LogP contribution in [0.2, 0.25) is 0 Å². The fraction of sp³-hybridized carbons (Fsp3) is 0.231. The summed E-state index contributed by atoms with van der Waals surface area (Å²) >= 11 is 11.8. The van der Waals surface area contributed by atoms with Gasteiger partial charge in [-0.25, -0.2) is 13.9 Å². The third-order valence-electron chi connectivity index (χ3n) is 3.02. The highest BCUT2D eigenvalue weighted by atomic mass is 35.5. The van der Waals surface area contributed by atoms with Crippen molar-refractivity contribution >= 4 is 44.8 Å². The second kappa shape index (κ2) is 7.31. The number of aromatic nitrogens is 1. The van der Waals surface area contributed by atoms with Crippen molar-refractivity contribution in [3.05, 3.63) is 46.2 Å². The summed E-state index contributed by atoms with van der Waals surface area (Å²) in [6.07, 6.45) is 4.85. The van der Waals surface area contributed by atoms with Crippen molar-refractivity contribution in [2.24, 2.45) is 5.92 Å². The summed E-state index contributed by atoms with van der Waals surface area (Å²) in [6, 6.07) is 2.61. The molecule has 1 amide bonds. The molecule has 0 aliphatic heterocycles. The zero-order chi connectivity index (χ0) is 17.0. The van der Waals surface area contributed by atoms with Gasteiger partial charge in [0.15, 0.2) is 0 Å². The molecule has 0 bridgehead atoms. The molecule has 10 heteroatoms. The van der Waals surface area contributed by atoms with Gasteiger partial charge in [-0.3, -0.25) is 19.7 Å². The van der Waals surface area contributed by atoms with Crippen LogP contribution < -0.4 is 10.2 Å². The topological polar surface area (TPSA) is 108 Å². The van der Waals surface area contributed by atoms with E-state index in [1.807, 2.05) is 0 Å². The first-order valence-electron chi connectivity index (χ1n) is 6.44. The van der Waals surface area contributed by atoms with E-state index in [0.717, 1.165) is 0 Å². The summed E-state index contributed by atoms with van der Waals surface area (Å²) in [4.78, 5) is 15.0. The quantitative estimate of drug-likeness (QED) is 0.538. The number of nitrogens with zero attached hydrogens (tertiary/aromatic N) is 1. The monoisotopic (exact) mass is 377 g/mol. The van der Waals surface area contributed by atoms with Crippen molar-refractivity contribution in [3.63, 3.8) is 0 Å². The molecule has 1 aliphatic rings. The number of hydroxylamine groups is 1. The highest BCUT2D eigenvalue weighted by molar-refractivity contribution is 7.92. The van der Waals surface area contributed by atoms with Crippen molar-refractivity contribution in [1.82, 2.24) is 10.5 Å². The van der Waals surface area contributed by atoms with E-state index >= 15 is 0 Å². The van der Waals surface area contributed by atoms with E-state index in [1.165, 1.54) is 23.8 Å². The Morgan fingerprint density at radius 1 is 1.43 bits per heavy atom. The summed E-state index contributed by atoms with van der Waals surface area (Å²) in [5.41, 5.74) is 1.47. The molecular weight excluding hydrogens is 365 g/mol. The first-order valence-corrected chi connectivity index (χ1v) is 8.85. The minimum atomic E-state index is -3.67. The molecule has 0 radical (unpaired) electrons. The van der Waals surface area contributed by atoms with Crippen LogP contribution in [-0.2, 0) is 10.0 Å². The molecule has 0 aromatic carbocycles. The lowest BCUT2D eigenvalue weighted by atomic mass is 10.0. The Bertz CT molecular complexity index is 777. The lowest BCUT2D eigenvalue weighted by Crippen LogP contribution is -2.24. The number of carbonyl (C=O) groups excluding carboxylic acids is 1. The molecule has 0 spiro atoms. The number of nitrogens with one attached hydrogen (secondary N) is 2. The Balaban J connectivity index is 2.07. The van der Waals surface area contributed by atoms with Crippen molar-refractivity contribution in [1.29, 1.82) is 0 Å². The summed E-state index contributed by atoms with van der Waals surface area (Å²) < 4.78 is 26.8. The average molecular weight is 378 g/mol. The fourth-order valence-corrected chi connectivity index (χ4v) is 3.77. The first kappa shape index (κ1) is 17.7. The summed E-state index contributed by atoms with van der Waals surface area (Å²) in [5.74, 6) is -1.33. The molecule has 0 saturated heterocycles. The minimum absolute atomic E-state index is 0.122. The Morgan fingerprint density at radius 2 is 2.17 bits per heavy atom. The fourth-order valence-electron chi connectivity index (χ4n) is 2.00. The lowest BCUT2D eigenvalue weighted by Gasteiger charge is -2.17. The second-order valence-electron chi connectivity index (χ2n) is 4.83. The predicted octanol–water partition coefficient (Wildman–Crippen LogP) is 2.21. The van der Waals surface area contributed by atoms with Crippen LogP contribution in [0, 0.1) is 5.92 Å². The maximum absolute atomic E-state index is 12.2. The number of sulfonamides is 1. The molecule has 1 aliphatic carbocycles. The summed E-state index contributed by atoms with van der Waals surface area (Å²) in [7, 11) is -3.67. The number of anilines is 1. The van der Waals surface area contributed by atoms with Crippen LogP contribution in [0.4, 0.5) is 5.69 Å². The first-order chi connectivity index (χ1) is 10.8. The number of rotatable bonds is 5. The number of pyridine rings is 1. The zero-order valence-electron chi connectivity index (χ0n) is 11.7. The van der Waals surface area contributed by atoms with E-state index in [2.05, 4.69) is 9.71 Å². The predicted molar refractivity (Wildman–Crippen MR) is 86.9 cm³/mol. The molecule has 124 valence electrons. The van der Waals surface area contributed by atoms with Crippen LogP contribution >= 0.6 is 23.2 Å². The maximum Gasteiger partial charge on any atom is 0.293 e. The van der Waals surface area contributed by atoms with E-state index < -0.39 is 15.9 Å². The Labute approximate surface area is 143 Å². The van der Waals surface area contributed by atoms with Crippen LogP contribution in [0.3, 0.4) is 0 Å². The minimum Gasteiger partial charge on any atom is -0.288 e. The van der Waals surface area contributed by atoms with E-state index in [4.69, 9.17) is 28.4 Å². The molecule has 0 saturated carbocycles. The molecule has 3 N–H and O–H groups in total. The average Bonchev–Trinajstić information content (AvgIpc) is 2.49. The van der Waals surface area contributed by atoms with Gasteiger partial charge in [0.1, 0.15) is 5.69 Å². The summed E-state index contributed by atoms with van der Waals surface area (Å²) in [5, 5.41) is 9.38. The van der Waals surface area contributed by atoms with Crippen LogP contribution in [0.5, 0.6) is 0 Å². The van der Waals surface area contributed by atoms with Crippen molar-refractivity contribution in [3.8, 4) is 0 Å². The second-order valence-corrected chi connectivity index (χ2v) is 7.46. The third-order valence-corrected chi connectivity index (χ3v) is 5.24. The molecule has 7 nitrogen and oxygen atoms in total. The number of allylic oxidation sites excluding steroid dienone is 4. The molecule has 1 heterocycles. The van der Waals surface area contributed by atoms with E-state index in [0.29, 0.717) is 16.5 Å². The van der Waals surface area contributed by atoms with E-state index in [9.17, 15) is 13.2 Å². The van der Waals surface area contributed by atoms with Crippen molar-refractivity contribution in [2.75, 3.05) is 10.5 Å². The number of halogens is 2. The molecule has 1 aromatic heterocycles. The van der Waals surface area contributed by atoms with Gasteiger partial charge in [0.25, 0.3) is 5.91 Å². The number of carbonyl (C=O) groups is 1. The third kappa shape index (κ3) is 4.93. The normalized spacial score (nSPS) is 18.0. The molecule has 1 atom stereocenters. The highest BCUT2D eigenvalue weighted by Gasteiger charge is 2.22. The Morgan fingerprint density at radius 3 is 2.83 bits per heavy atom. The van der Waals surface area contributed by atoms with Crippen LogP contribution in [-0.4, -0.2) is 30.3 Å². The van der Waals surface area contributed by atoms with Gasteiger partial charge in [-0.2, -0.15) is 0 Å². The molecule has 1 unspecified atom stereocenters. The number of amides is 1. The van der Waals surface area contributed by atoms with Gasteiger partial charge in [0, 0.05) is 11.2 Å². The Kier molecular flexibility index (Phi) is 5.64. The van der Waals surface area contributed by atoms with Gasteiger partial charge >= 0.3 is 0 Å². The Hall–Kier alpha value is -1.61. The highest BCUT2D eigenvalue weighted by Crippen LogP contribution is 2.29. The van der Waals surface area contributed by atoms with Crippen LogP contribution in [0.25, 0.3) is 0 Å². The van der Waals surface area contributed by atoms with Crippen LogP contribution in [0.1, 0.15) is 16.9 Å². The zero-order valence-corrected chi connectivity index (χ0v) is 14.0. The molecule has 1 aromatic rings. The van der Waals surface area contributed by atoms with Gasteiger partial charge in [-0.15, -0.1) is 0 Å². The molecule has 2 rings (SSSR count). The number of hydrogen-bond donors (Lipinski definition) is 3. The lowest BCUT2D eigenvalue weighted by molar-refractivity contribution is 0.0701. The van der Waals surface area contributed by atoms with E-state index in [1.54, 1.807) is 12.2 Å². The van der Waals surface area contributed by atoms with Gasteiger partial charge in [-0.05, 0) is 30.5 Å². The van der Waals surface area contributed by atoms with E-state index in [-0.39, 0.29) is 23.1 Å². The molecule has 23 heavy (non-hydrogen) atoms. The molecular formula is C13H13Cl2N3O4S. The van der Waals surface area contributed by atoms with Crippen molar-refractivity contribution < 1.29 is 18.4 Å². The number of hydrogen-bond acceptors (Lipinski definition) is 5. The summed E-state index contributed by atoms with van der Waals surface area (Å²) in [6.45, 7) is 0. The van der Waals surface area contributed by atoms with Crippen molar-refractivity contribution in [2.45, 2.75) is 6.42 Å². The standard InChI is InChI=1S/C13H13Cl2N3O4S/c14-10-2-1-8(5-11(10)15)7-23(21,22)18-9-3-4-16-12(6-9)13(19)17-20/h1-4,6,8,20H,5,7H2,(H,16,18)(H,17,19).